The fourth-order valence-corrected chi connectivity index (χ4v) is 6.37. The molecule has 0 bridgehead atoms. The zero-order valence-corrected chi connectivity index (χ0v) is 22.4. The van der Waals surface area contributed by atoms with E-state index < -0.39 is 11.9 Å². The summed E-state index contributed by atoms with van der Waals surface area (Å²) in [6.07, 6.45) is 2.39. The maximum absolute atomic E-state index is 13.9. The first-order valence-corrected chi connectivity index (χ1v) is 13.8. The number of carbonyl (C=O) groups excluding carboxylic acids is 1. The van der Waals surface area contributed by atoms with Gasteiger partial charge in [-0.25, -0.2) is 4.98 Å². The van der Waals surface area contributed by atoms with Crippen molar-refractivity contribution in [2.75, 3.05) is 31.2 Å². The molecule has 1 saturated carbocycles. The number of likely N-dealkylation sites (tertiary alicyclic amines) is 1. The largest absolute Gasteiger partial charge is 0.433 e. The molecule has 1 aliphatic carbocycles. The van der Waals surface area contributed by atoms with E-state index in [1.807, 2.05) is 29.8 Å². The molecule has 0 atom stereocenters. The summed E-state index contributed by atoms with van der Waals surface area (Å²) < 4.78 is 49.1. The van der Waals surface area contributed by atoms with Crippen LogP contribution in [0.1, 0.15) is 64.2 Å². The molecule has 2 saturated heterocycles. The molecule has 3 fully saturated rings. The van der Waals surface area contributed by atoms with Crippen LogP contribution in [0.15, 0.2) is 36.7 Å². The molecule has 1 amide bonds. The van der Waals surface area contributed by atoms with E-state index >= 15 is 0 Å². The molecule has 5 heterocycles. The van der Waals surface area contributed by atoms with Gasteiger partial charge in [-0.3, -0.25) is 14.6 Å². The molecule has 7 rings (SSSR count). The summed E-state index contributed by atoms with van der Waals surface area (Å²) in [5.74, 6) is 0.528. The van der Waals surface area contributed by atoms with E-state index in [9.17, 15) is 18.0 Å². The molecular weight excluding hydrogens is 521 g/mol. The number of fused-ring (bicyclic) bond motifs is 1. The number of anilines is 1. The Bertz CT molecular complexity index is 1470. The van der Waals surface area contributed by atoms with Gasteiger partial charge in [-0.05, 0) is 79.1 Å². The lowest BCUT2D eigenvalue weighted by molar-refractivity contribution is -0.141. The van der Waals surface area contributed by atoms with Gasteiger partial charge in [-0.1, -0.05) is 12.1 Å². The second kappa shape index (κ2) is 9.10. The monoisotopic (exact) mass is 552 g/mol. The number of hydrogen-bond acceptors (Lipinski definition) is 6. The highest BCUT2D eigenvalue weighted by Gasteiger charge is 2.45. The number of hydrogen-bond donors (Lipinski definition) is 0. The van der Waals surface area contributed by atoms with Crippen LogP contribution in [0.2, 0.25) is 0 Å². The number of aryl methyl sites for hydroxylation is 1. The summed E-state index contributed by atoms with van der Waals surface area (Å²) in [4.78, 5) is 21.1. The van der Waals surface area contributed by atoms with Crippen LogP contribution in [0, 0.1) is 5.41 Å². The van der Waals surface area contributed by atoms with Gasteiger partial charge in [-0.2, -0.15) is 13.2 Å². The van der Waals surface area contributed by atoms with E-state index in [1.165, 1.54) is 17.7 Å². The summed E-state index contributed by atoms with van der Waals surface area (Å²) in [6.45, 7) is 3.35. The van der Waals surface area contributed by atoms with Crippen molar-refractivity contribution in [2.24, 2.45) is 12.5 Å². The standard InChI is InChI=1S/C29H31F3N6O2/c1-36-18-33-35-25(36)13-28(16-40-17-28)21-3-2-20-15-38(26(39)22(20)12-21)24-11-19(10-23(34-24)29(30,31)32)14-37-8-6-27(4-5-27)7-9-37/h2-3,10-12,18H,4-9,13-17H2,1H3. The second-order valence-corrected chi connectivity index (χ2v) is 12.1. The van der Waals surface area contributed by atoms with Gasteiger partial charge in [-0.15, -0.1) is 10.2 Å². The first kappa shape index (κ1) is 25.6. The average molecular weight is 553 g/mol. The first-order valence-electron chi connectivity index (χ1n) is 13.8. The molecule has 0 N–H and O–H groups in total. The van der Waals surface area contributed by atoms with E-state index in [2.05, 4.69) is 20.1 Å². The van der Waals surface area contributed by atoms with Crippen molar-refractivity contribution in [2.45, 2.75) is 56.8 Å². The third-order valence-corrected chi connectivity index (χ3v) is 9.30. The molecular formula is C29H31F3N6O2. The average Bonchev–Trinajstić information content (AvgIpc) is 3.41. The van der Waals surface area contributed by atoms with Gasteiger partial charge in [0.2, 0.25) is 0 Å². The van der Waals surface area contributed by atoms with Crippen molar-refractivity contribution in [1.29, 1.82) is 0 Å². The van der Waals surface area contributed by atoms with Gasteiger partial charge < -0.3 is 9.30 Å². The molecule has 4 aliphatic rings. The topological polar surface area (TPSA) is 76.4 Å². The highest BCUT2D eigenvalue weighted by Crippen LogP contribution is 2.53. The van der Waals surface area contributed by atoms with E-state index in [4.69, 9.17) is 4.74 Å². The van der Waals surface area contributed by atoms with Crippen LogP contribution in [-0.2, 0) is 42.9 Å². The SMILES string of the molecule is Cn1cnnc1CC1(c2ccc3c(c2)C(=O)N(c2cc(CN4CCC5(CC4)CC5)cc(C(F)(F)F)n2)C3)COC1. The molecule has 3 aromatic rings. The van der Waals surface area contributed by atoms with Gasteiger partial charge in [0.1, 0.15) is 23.7 Å². The molecule has 1 aromatic carbocycles. The zero-order chi connectivity index (χ0) is 27.7. The zero-order valence-electron chi connectivity index (χ0n) is 22.4. The Kier molecular flexibility index (Phi) is 5.84. The summed E-state index contributed by atoms with van der Waals surface area (Å²) in [6, 6.07) is 8.53. The minimum atomic E-state index is -4.61. The van der Waals surface area contributed by atoms with Crippen molar-refractivity contribution in [3.8, 4) is 0 Å². The lowest BCUT2D eigenvalue weighted by Gasteiger charge is -2.41. The molecule has 11 heteroatoms. The van der Waals surface area contributed by atoms with E-state index in [0.29, 0.717) is 42.7 Å². The summed E-state index contributed by atoms with van der Waals surface area (Å²) >= 11 is 0. The highest BCUT2D eigenvalue weighted by atomic mass is 19.4. The normalized spacial score (nSPS) is 21.5. The van der Waals surface area contributed by atoms with Crippen molar-refractivity contribution in [3.63, 3.8) is 0 Å². The van der Waals surface area contributed by atoms with Crippen molar-refractivity contribution < 1.29 is 22.7 Å². The molecule has 8 nitrogen and oxygen atoms in total. The molecule has 3 aliphatic heterocycles. The number of benzene rings is 1. The second-order valence-electron chi connectivity index (χ2n) is 12.1. The Hall–Kier alpha value is -3.31. The van der Waals surface area contributed by atoms with E-state index in [0.717, 1.165) is 48.9 Å². The van der Waals surface area contributed by atoms with E-state index in [-0.39, 0.29) is 23.7 Å². The number of nitrogens with zero attached hydrogens (tertiary/aromatic N) is 6. The van der Waals surface area contributed by atoms with Gasteiger partial charge >= 0.3 is 6.18 Å². The summed E-state index contributed by atoms with van der Waals surface area (Å²) in [7, 11) is 1.89. The van der Waals surface area contributed by atoms with Crippen LogP contribution in [0.3, 0.4) is 0 Å². The maximum atomic E-state index is 13.9. The fourth-order valence-electron chi connectivity index (χ4n) is 6.37. The quantitative estimate of drug-likeness (QED) is 0.455. The Morgan fingerprint density at radius 2 is 1.82 bits per heavy atom. The van der Waals surface area contributed by atoms with Gasteiger partial charge in [0.05, 0.1) is 19.8 Å². The van der Waals surface area contributed by atoms with Crippen molar-refractivity contribution >= 4 is 11.7 Å². The predicted octanol–water partition coefficient (Wildman–Crippen LogP) is 4.28. The van der Waals surface area contributed by atoms with Crippen molar-refractivity contribution in [1.82, 2.24) is 24.6 Å². The van der Waals surface area contributed by atoms with Gasteiger partial charge in [0, 0.05) is 31.0 Å². The number of amides is 1. The number of ether oxygens (including phenoxy) is 1. The van der Waals surface area contributed by atoms with Gasteiger partial charge in [0.15, 0.2) is 0 Å². The fraction of sp³-hybridized carbons (Fsp3) is 0.517. The predicted molar refractivity (Wildman–Crippen MR) is 140 cm³/mol. The van der Waals surface area contributed by atoms with Gasteiger partial charge in [0.25, 0.3) is 5.91 Å². The lowest BCUT2D eigenvalue weighted by Crippen LogP contribution is -2.49. The number of alkyl halides is 3. The smallest absolute Gasteiger partial charge is 0.379 e. The molecule has 40 heavy (non-hydrogen) atoms. The molecule has 0 radical (unpaired) electrons. The molecule has 2 aromatic heterocycles. The van der Waals surface area contributed by atoms with Crippen LogP contribution < -0.4 is 4.90 Å². The Morgan fingerprint density at radius 3 is 2.45 bits per heavy atom. The van der Waals surface area contributed by atoms with Crippen LogP contribution in [0.5, 0.6) is 0 Å². The number of halogens is 3. The summed E-state index contributed by atoms with van der Waals surface area (Å²) in [5.41, 5.74) is 1.94. The molecule has 1 spiro atoms. The number of aromatic nitrogens is 4. The number of piperidine rings is 1. The highest BCUT2D eigenvalue weighted by molar-refractivity contribution is 6.09. The van der Waals surface area contributed by atoms with Crippen LogP contribution in [0.4, 0.5) is 19.0 Å². The first-order chi connectivity index (χ1) is 19.1. The third kappa shape index (κ3) is 4.49. The Balaban J connectivity index is 1.16. The Morgan fingerprint density at radius 1 is 1.05 bits per heavy atom. The van der Waals surface area contributed by atoms with Crippen LogP contribution >= 0.6 is 0 Å². The summed E-state index contributed by atoms with van der Waals surface area (Å²) in [5, 5.41) is 8.18. The van der Waals surface area contributed by atoms with Crippen molar-refractivity contribution in [3.05, 3.63) is 70.4 Å². The Labute approximate surface area is 230 Å². The minimum Gasteiger partial charge on any atom is -0.379 e. The molecule has 0 unspecified atom stereocenters. The molecule has 210 valence electrons. The number of pyridine rings is 1. The minimum absolute atomic E-state index is 0.0454. The number of rotatable bonds is 6. The van der Waals surface area contributed by atoms with E-state index in [1.54, 1.807) is 12.4 Å². The number of carbonyl (C=O) groups is 1. The van der Waals surface area contributed by atoms with Crippen LogP contribution in [0.25, 0.3) is 0 Å². The lowest BCUT2D eigenvalue weighted by atomic mass is 9.75. The third-order valence-electron chi connectivity index (χ3n) is 9.30. The maximum Gasteiger partial charge on any atom is 0.433 e. The van der Waals surface area contributed by atoms with Crippen LogP contribution in [-0.4, -0.2) is 56.9 Å².